The maximum absolute atomic E-state index is 12.3. The average molecular weight is 313 g/mol. The number of amides is 1. The van der Waals surface area contributed by atoms with Crippen LogP contribution in [0, 0.1) is 5.92 Å². The Hall–Kier alpha value is -1.07. The minimum atomic E-state index is -0.151. The molecule has 0 aliphatic carbocycles. The summed E-state index contributed by atoms with van der Waals surface area (Å²) in [5.41, 5.74) is 6.26. The summed E-state index contributed by atoms with van der Waals surface area (Å²) in [5.74, 6) is 0.249. The predicted octanol–water partition coefficient (Wildman–Crippen LogP) is 1.96. The number of aromatic hydroxyl groups is 1. The Morgan fingerprint density at radius 1 is 1.50 bits per heavy atom. The fourth-order valence-electron chi connectivity index (χ4n) is 2.42. The second kappa shape index (κ2) is 5.28. The molecule has 4 nitrogen and oxygen atoms in total. The number of halogens is 1. The van der Waals surface area contributed by atoms with Crippen LogP contribution in [0.2, 0.25) is 0 Å². The van der Waals surface area contributed by atoms with E-state index in [2.05, 4.69) is 22.9 Å². The lowest BCUT2D eigenvalue weighted by Gasteiger charge is -2.34. The lowest BCUT2D eigenvalue weighted by atomic mass is 9.96. The molecular weight excluding hydrogens is 296 g/mol. The Morgan fingerprint density at radius 3 is 2.83 bits per heavy atom. The molecule has 1 aliphatic rings. The van der Waals surface area contributed by atoms with E-state index in [1.54, 1.807) is 17.0 Å². The van der Waals surface area contributed by atoms with Gasteiger partial charge in [-0.2, -0.15) is 0 Å². The molecule has 0 spiro atoms. The quantitative estimate of drug-likeness (QED) is 0.833. The Bertz CT molecular complexity index is 454. The summed E-state index contributed by atoms with van der Waals surface area (Å²) in [6.07, 6.45) is 0.941. The molecule has 3 N–H and O–H groups in total. The number of phenolic OH excluding ortho intramolecular Hbond substituents is 1. The van der Waals surface area contributed by atoms with Crippen molar-refractivity contribution in [1.29, 1.82) is 0 Å². The highest BCUT2D eigenvalue weighted by molar-refractivity contribution is 9.10. The number of likely N-dealkylation sites (tertiary alicyclic amines) is 1. The highest BCUT2D eigenvalue weighted by atomic mass is 79.9. The number of carbonyl (C=O) groups excluding carboxylic acids is 1. The molecule has 1 heterocycles. The normalized spacial score (nSPS) is 24.1. The molecule has 2 atom stereocenters. The summed E-state index contributed by atoms with van der Waals surface area (Å²) in [7, 11) is 0. The summed E-state index contributed by atoms with van der Waals surface area (Å²) in [6.45, 7) is 3.33. The lowest BCUT2D eigenvalue weighted by Crippen LogP contribution is -2.48. The molecule has 0 aromatic heterocycles. The third kappa shape index (κ3) is 2.84. The first-order chi connectivity index (χ1) is 8.47. The highest BCUT2D eigenvalue weighted by Gasteiger charge is 2.27. The molecule has 5 heteroatoms. The molecule has 1 amide bonds. The van der Waals surface area contributed by atoms with E-state index in [4.69, 9.17) is 5.73 Å². The monoisotopic (exact) mass is 312 g/mol. The van der Waals surface area contributed by atoms with Gasteiger partial charge in [0.25, 0.3) is 5.91 Å². The van der Waals surface area contributed by atoms with E-state index < -0.39 is 0 Å². The number of nitrogens with two attached hydrogens (primary N) is 1. The smallest absolute Gasteiger partial charge is 0.257 e. The van der Waals surface area contributed by atoms with E-state index in [0.29, 0.717) is 24.6 Å². The van der Waals surface area contributed by atoms with Crippen molar-refractivity contribution >= 4 is 21.8 Å². The van der Waals surface area contributed by atoms with Gasteiger partial charge >= 0.3 is 0 Å². The number of carbonyl (C=O) groups is 1. The van der Waals surface area contributed by atoms with Crippen LogP contribution in [0.15, 0.2) is 22.7 Å². The van der Waals surface area contributed by atoms with Gasteiger partial charge < -0.3 is 15.7 Å². The largest absolute Gasteiger partial charge is 0.507 e. The SMILES string of the molecule is CC1CC(N)CN(C(=O)c2ccc(Br)cc2O)C1. The summed E-state index contributed by atoms with van der Waals surface area (Å²) in [5, 5.41) is 9.82. The van der Waals surface area contributed by atoms with Gasteiger partial charge in [0.2, 0.25) is 0 Å². The van der Waals surface area contributed by atoms with Crippen molar-refractivity contribution in [1.82, 2.24) is 4.90 Å². The Kier molecular flexibility index (Phi) is 3.92. The molecule has 1 saturated heterocycles. The predicted molar refractivity (Wildman–Crippen MR) is 73.5 cm³/mol. The fourth-order valence-corrected chi connectivity index (χ4v) is 2.77. The molecule has 1 aliphatic heterocycles. The summed E-state index contributed by atoms with van der Waals surface area (Å²) in [6, 6.07) is 4.93. The number of hydrogen-bond donors (Lipinski definition) is 2. The van der Waals surface area contributed by atoms with Crippen LogP contribution in [-0.4, -0.2) is 35.0 Å². The van der Waals surface area contributed by atoms with Crippen molar-refractivity contribution in [2.75, 3.05) is 13.1 Å². The van der Waals surface area contributed by atoms with E-state index in [1.165, 1.54) is 6.07 Å². The van der Waals surface area contributed by atoms with Gasteiger partial charge in [0.15, 0.2) is 0 Å². The molecule has 0 bridgehead atoms. The number of phenols is 1. The van der Waals surface area contributed by atoms with Gasteiger partial charge in [-0.25, -0.2) is 0 Å². The van der Waals surface area contributed by atoms with Gasteiger partial charge in [-0.1, -0.05) is 22.9 Å². The Labute approximate surface area is 115 Å². The maximum Gasteiger partial charge on any atom is 0.257 e. The molecule has 0 saturated carbocycles. The van der Waals surface area contributed by atoms with Gasteiger partial charge in [-0.15, -0.1) is 0 Å². The van der Waals surface area contributed by atoms with Crippen molar-refractivity contribution in [3.8, 4) is 5.75 Å². The highest BCUT2D eigenvalue weighted by Crippen LogP contribution is 2.25. The third-order valence-electron chi connectivity index (χ3n) is 3.17. The minimum absolute atomic E-state index is 0.00109. The standard InChI is InChI=1S/C13H17BrN2O2/c1-8-4-10(15)7-16(6-8)13(18)11-3-2-9(14)5-12(11)17/h2-3,5,8,10,17H,4,6-7,15H2,1H3. The van der Waals surface area contributed by atoms with Crippen molar-refractivity contribution in [2.24, 2.45) is 11.7 Å². The maximum atomic E-state index is 12.3. The van der Waals surface area contributed by atoms with E-state index in [-0.39, 0.29) is 17.7 Å². The van der Waals surface area contributed by atoms with Crippen LogP contribution in [0.1, 0.15) is 23.7 Å². The van der Waals surface area contributed by atoms with Crippen molar-refractivity contribution in [3.63, 3.8) is 0 Å². The molecular formula is C13H17BrN2O2. The zero-order valence-corrected chi connectivity index (χ0v) is 11.9. The number of benzene rings is 1. The Morgan fingerprint density at radius 2 is 2.22 bits per heavy atom. The van der Waals surface area contributed by atoms with Gasteiger partial charge in [0.1, 0.15) is 5.75 Å². The first kappa shape index (κ1) is 13.4. The molecule has 2 unspecified atom stereocenters. The number of nitrogens with zero attached hydrogens (tertiary/aromatic N) is 1. The van der Waals surface area contributed by atoms with Crippen LogP contribution in [-0.2, 0) is 0 Å². The van der Waals surface area contributed by atoms with E-state index in [9.17, 15) is 9.90 Å². The Balaban J connectivity index is 2.20. The lowest BCUT2D eigenvalue weighted by molar-refractivity contribution is 0.0658. The number of hydrogen-bond acceptors (Lipinski definition) is 3. The van der Waals surface area contributed by atoms with Crippen LogP contribution in [0.25, 0.3) is 0 Å². The second-order valence-corrected chi connectivity index (χ2v) is 5.89. The van der Waals surface area contributed by atoms with E-state index >= 15 is 0 Å². The molecule has 1 aromatic rings. The second-order valence-electron chi connectivity index (χ2n) is 4.97. The van der Waals surface area contributed by atoms with Crippen molar-refractivity contribution in [2.45, 2.75) is 19.4 Å². The minimum Gasteiger partial charge on any atom is -0.507 e. The van der Waals surface area contributed by atoms with Gasteiger partial charge in [0.05, 0.1) is 5.56 Å². The molecule has 1 fully saturated rings. The first-order valence-corrected chi connectivity index (χ1v) is 6.80. The number of rotatable bonds is 1. The zero-order valence-electron chi connectivity index (χ0n) is 10.3. The van der Waals surface area contributed by atoms with Crippen molar-refractivity contribution in [3.05, 3.63) is 28.2 Å². The summed E-state index contributed by atoms with van der Waals surface area (Å²) >= 11 is 3.26. The molecule has 2 rings (SSSR count). The summed E-state index contributed by atoms with van der Waals surface area (Å²) < 4.78 is 0.750. The van der Waals surface area contributed by atoms with Gasteiger partial charge in [-0.05, 0) is 30.5 Å². The summed E-state index contributed by atoms with van der Waals surface area (Å²) in [4.78, 5) is 14.0. The molecule has 18 heavy (non-hydrogen) atoms. The first-order valence-electron chi connectivity index (χ1n) is 6.00. The average Bonchev–Trinajstić information content (AvgIpc) is 2.26. The fraction of sp³-hybridized carbons (Fsp3) is 0.462. The molecule has 0 radical (unpaired) electrons. The number of piperidine rings is 1. The van der Waals surface area contributed by atoms with Crippen LogP contribution < -0.4 is 5.73 Å². The van der Waals surface area contributed by atoms with E-state index in [0.717, 1.165) is 10.9 Å². The zero-order chi connectivity index (χ0) is 13.3. The molecule has 98 valence electrons. The van der Waals surface area contributed by atoms with Crippen LogP contribution in [0.4, 0.5) is 0 Å². The third-order valence-corrected chi connectivity index (χ3v) is 3.66. The van der Waals surface area contributed by atoms with Crippen molar-refractivity contribution < 1.29 is 9.90 Å². The van der Waals surface area contributed by atoms with E-state index in [1.807, 2.05) is 0 Å². The van der Waals surface area contributed by atoms with Gasteiger partial charge in [0, 0.05) is 23.6 Å². The molecule has 1 aromatic carbocycles. The van der Waals surface area contributed by atoms with Crippen LogP contribution in [0.5, 0.6) is 5.75 Å². The van der Waals surface area contributed by atoms with Crippen LogP contribution >= 0.6 is 15.9 Å². The van der Waals surface area contributed by atoms with Gasteiger partial charge in [-0.3, -0.25) is 4.79 Å². The topological polar surface area (TPSA) is 66.6 Å². The van der Waals surface area contributed by atoms with Crippen LogP contribution in [0.3, 0.4) is 0 Å².